The standard InChI is InChI=1S/C14H18BrNOS/c1-9-7-11(8-10(2)13(9)15)16-14(17)12-5-3-4-6-18-12/h7-8,12H,3-6H2,1-2H3,(H,16,17). The Morgan fingerprint density at radius 2 is 2.00 bits per heavy atom. The smallest absolute Gasteiger partial charge is 0.237 e. The normalized spacial score (nSPS) is 19.6. The molecule has 0 saturated carbocycles. The Kier molecular flexibility index (Phi) is 4.73. The molecule has 1 fully saturated rings. The van der Waals surface area contributed by atoms with Gasteiger partial charge in [-0.15, -0.1) is 11.8 Å². The molecule has 0 aliphatic carbocycles. The maximum absolute atomic E-state index is 12.1. The molecule has 0 aromatic heterocycles. The summed E-state index contributed by atoms with van der Waals surface area (Å²) in [7, 11) is 0. The highest BCUT2D eigenvalue weighted by atomic mass is 79.9. The molecule has 1 N–H and O–H groups in total. The SMILES string of the molecule is Cc1cc(NC(=O)C2CCCCS2)cc(C)c1Br. The molecular formula is C14H18BrNOS. The van der Waals surface area contributed by atoms with Crippen LogP contribution < -0.4 is 5.32 Å². The van der Waals surface area contributed by atoms with E-state index in [0.29, 0.717) is 0 Å². The van der Waals surface area contributed by atoms with Crippen LogP contribution in [0.2, 0.25) is 0 Å². The van der Waals surface area contributed by atoms with Gasteiger partial charge in [0.2, 0.25) is 5.91 Å². The second-order valence-electron chi connectivity index (χ2n) is 4.77. The van der Waals surface area contributed by atoms with Crippen LogP contribution in [0.1, 0.15) is 30.4 Å². The van der Waals surface area contributed by atoms with Crippen molar-refractivity contribution in [3.63, 3.8) is 0 Å². The zero-order valence-corrected chi connectivity index (χ0v) is 13.2. The third-order valence-corrected chi connectivity index (χ3v) is 5.80. The Labute approximate surface area is 121 Å². The first-order valence-corrected chi connectivity index (χ1v) is 8.11. The van der Waals surface area contributed by atoms with Crippen molar-refractivity contribution in [1.29, 1.82) is 0 Å². The first-order valence-electron chi connectivity index (χ1n) is 6.27. The number of nitrogens with one attached hydrogen (secondary N) is 1. The highest BCUT2D eigenvalue weighted by Crippen LogP contribution is 2.28. The van der Waals surface area contributed by atoms with E-state index in [9.17, 15) is 4.79 Å². The molecule has 98 valence electrons. The summed E-state index contributed by atoms with van der Waals surface area (Å²) >= 11 is 5.32. The molecule has 2 nitrogen and oxygen atoms in total. The highest BCUT2D eigenvalue weighted by molar-refractivity contribution is 9.10. The van der Waals surface area contributed by atoms with Gasteiger partial charge >= 0.3 is 0 Å². The van der Waals surface area contributed by atoms with Crippen molar-refractivity contribution >= 4 is 39.3 Å². The maximum atomic E-state index is 12.1. The van der Waals surface area contributed by atoms with Crippen LogP contribution in [0.5, 0.6) is 0 Å². The van der Waals surface area contributed by atoms with Gasteiger partial charge < -0.3 is 5.32 Å². The molecule has 0 radical (unpaired) electrons. The lowest BCUT2D eigenvalue weighted by Crippen LogP contribution is -2.27. The molecular weight excluding hydrogens is 310 g/mol. The number of anilines is 1. The monoisotopic (exact) mass is 327 g/mol. The second kappa shape index (κ2) is 6.11. The minimum atomic E-state index is 0.128. The van der Waals surface area contributed by atoms with Gasteiger partial charge in [-0.25, -0.2) is 0 Å². The minimum Gasteiger partial charge on any atom is -0.325 e. The van der Waals surface area contributed by atoms with Crippen LogP contribution in [0, 0.1) is 13.8 Å². The van der Waals surface area contributed by atoms with Crippen LogP contribution in [-0.4, -0.2) is 16.9 Å². The molecule has 1 aliphatic rings. The number of amides is 1. The minimum absolute atomic E-state index is 0.128. The summed E-state index contributed by atoms with van der Waals surface area (Å²) in [5.74, 6) is 1.26. The van der Waals surface area contributed by atoms with Gasteiger partial charge in [0.15, 0.2) is 0 Å². The zero-order valence-electron chi connectivity index (χ0n) is 10.8. The number of hydrogen-bond acceptors (Lipinski definition) is 2. The number of rotatable bonds is 2. The molecule has 0 spiro atoms. The van der Waals surface area contributed by atoms with Crippen molar-refractivity contribution in [3.8, 4) is 0 Å². The van der Waals surface area contributed by atoms with E-state index < -0.39 is 0 Å². The average Bonchev–Trinajstić information content (AvgIpc) is 2.37. The van der Waals surface area contributed by atoms with Gasteiger partial charge in [-0.1, -0.05) is 22.4 Å². The lowest BCUT2D eigenvalue weighted by Gasteiger charge is -2.20. The third kappa shape index (κ3) is 3.29. The van der Waals surface area contributed by atoms with Crippen LogP contribution >= 0.6 is 27.7 Å². The van der Waals surface area contributed by atoms with E-state index in [4.69, 9.17) is 0 Å². The van der Waals surface area contributed by atoms with Gasteiger partial charge in [0.25, 0.3) is 0 Å². The quantitative estimate of drug-likeness (QED) is 0.877. The number of halogens is 1. The predicted molar refractivity (Wildman–Crippen MR) is 82.3 cm³/mol. The van der Waals surface area contributed by atoms with E-state index >= 15 is 0 Å². The Bertz CT molecular complexity index is 432. The zero-order chi connectivity index (χ0) is 13.1. The molecule has 18 heavy (non-hydrogen) atoms. The summed E-state index contributed by atoms with van der Waals surface area (Å²) in [6.07, 6.45) is 3.42. The number of carbonyl (C=O) groups is 1. The maximum Gasteiger partial charge on any atom is 0.237 e. The number of benzene rings is 1. The van der Waals surface area contributed by atoms with E-state index in [-0.39, 0.29) is 11.2 Å². The van der Waals surface area contributed by atoms with Crippen LogP contribution in [0.25, 0.3) is 0 Å². The topological polar surface area (TPSA) is 29.1 Å². The Morgan fingerprint density at radius 1 is 1.33 bits per heavy atom. The Hall–Kier alpha value is -0.480. The summed E-state index contributed by atoms with van der Waals surface area (Å²) < 4.78 is 1.12. The summed E-state index contributed by atoms with van der Waals surface area (Å²) in [5.41, 5.74) is 3.22. The average molecular weight is 328 g/mol. The third-order valence-electron chi connectivity index (χ3n) is 3.18. The van der Waals surface area contributed by atoms with Crippen molar-refractivity contribution < 1.29 is 4.79 Å². The predicted octanol–water partition coefficient (Wildman–Crippen LogP) is 4.29. The van der Waals surface area contributed by atoms with Gasteiger partial charge in [0, 0.05) is 10.2 Å². The fraction of sp³-hybridized carbons (Fsp3) is 0.500. The van der Waals surface area contributed by atoms with E-state index in [1.54, 1.807) is 11.8 Å². The fourth-order valence-corrected chi connectivity index (χ4v) is 3.62. The van der Waals surface area contributed by atoms with E-state index in [1.807, 2.05) is 26.0 Å². The number of carbonyl (C=O) groups excluding carboxylic acids is 1. The molecule has 0 bridgehead atoms. The molecule has 1 aliphatic heterocycles. The summed E-state index contributed by atoms with van der Waals surface area (Å²) in [6.45, 7) is 4.09. The first-order chi connectivity index (χ1) is 8.58. The Morgan fingerprint density at radius 3 is 2.56 bits per heavy atom. The molecule has 1 atom stereocenters. The lowest BCUT2D eigenvalue weighted by molar-refractivity contribution is -0.115. The molecule has 1 saturated heterocycles. The van der Waals surface area contributed by atoms with Crippen molar-refractivity contribution in [2.75, 3.05) is 11.1 Å². The van der Waals surface area contributed by atoms with Gasteiger partial charge in [0.1, 0.15) is 0 Å². The van der Waals surface area contributed by atoms with Crippen molar-refractivity contribution in [2.45, 2.75) is 38.4 Å². The van der Waals surface area contributed by atoms with Gasteiger partial charge in [0.05, 0.1) is 5.25 Å². The van der Waals surface area contributed by atoms with Crippen molar-refractivity contribution in [1.82, 2.24) is 0 Å². The van der Waals surface area contributed by atoms with Crippen molar-refractivity contribution in [2.24, 2.45) is 0 Å². The largest absolute Gasteiger partial charge is 0.325 e. The van der Waals surface area contributed by atoms with Gasteiger partial charge in [-0.05, 0) is 55.7 Å². The highest BCUT2D eigenvalue weighted by Gasteiger charge is 2.21. The van der Waals surface area contributed by atoms with Gasteiger partial charge in [-0.2, -0.15) is 0 Å². The van der Waals surface area contributed by atoms with Crippen LogP contribution in [0.15, 0.2) is 16.6 Å². The van der Waals surface area contributed by atoms with Crippen LogP contribution in [0.4, 0.5) is 5.69 Å². The number of thioether (sulfide) groups is 1. The first kappa shape index (κ1) is 13.9. The molecule has 1 aromatic rings. The molecule has 1 unspecified atom stereocenters. The fourth-order valence-electron chi connectivity index (χ4n) is 2.19. The van der Waals surface area contributed by atoms with Crippen molar-refractivity contribution in [3.05, 3.63) is 27.7 Å². The van der Waals surface area contributed by atoms with Gasteiger partial charge in [-0.3, -0.25) is 4.79 Å². The molecule has 4 heteroatoms. The molecule has 1 heterocycles. The molecule has 2 rings (SSSR count). The summed E-state index contributed by atoms with van der Waals surface area (Å²) in [5, 5.41) is 3.17. The number of aryl methyl sites for hydroxylation is 2. The van der Waals surface area contributed by atoms with E-state index in [0.717, 1.165) is 33.5 Å². The molecule has 1 aromatic carbocycles. The van der Waals surface area contributed by atoms with E-state index in [2.05, 4.69) is 21.2 Å². The molecule has 1 amide bonds. The van der Waals surface area contributed by atoms with Crippen LogP contribution in [0.3, 0.4) is 0 Å². The second-order valence-corrected chi connectivity index (χ2v) is 6.87. The Balaban J connectivity index is 2.06. The lowest BCUT2D eigenvalue weighted by atomic mass is 10.1. The number of hydrogen-bond donors (Lipinski definition) is 1. The van der Waals surface area contributed by atoms with Crippen LogP contribution in [-0.2, 0) is 4.79 Å². The summed E-state index contributed by atoms with van der Waals surface area (Å²) in [4.78, 5) is 12.1. The summed E-state index contributed by atoms with van der Waals surface area (Å²) in [6, 6.07) is 4.03. The van der Waals surface area contributed by atoms with E-state index in [1.165, 1.54) is 12.8 Å².